The van der Waals surface area contributed by atoms with Gasteiger partial charge in [0, 0.05) is 15.8 Å². The van der Waals surface area contributed by atoms with Crippen LogP contribution in [0.25, 0.3) is 10.8 Å². The summed E-state index contributed by atoms with van der Waals surface area (Å²) in [6, 6.07) is 5.12. The lowest BCUT2D eigenvalue weighted by molar-refractivity contribution is -0.144. The fourth-order valence-electron chi connectivity index (χ4n) is 3.43. The van der Waals surface area contributed by atoms with E-state index in [1.165, 1.54) is 0 Å². The third kappa shape index (κ3) is 7.03. The van der Waals surface area contributed by atoms with E-state index < -0.39 is 16.8 Å². The van der Waals surface area contributed by atoms with E-state index in [0.717, 1.165) is 12.8 Å². The molecule has 6 nitrogen and oxygen atoms in total. The maximum atomic E-state index is 13.3. The number of benzene rings is 2. The van der Waals surface area contributed by atoms with Crippen molar-refractivity contribution in [2.75, 3.05) is 13.2 Å². The number of carbonyl (C=O) groups is 2. The third-order valence-electron chi connectivity index (χ3n) is 5.42. The third-order valence-corrected chi connectivity index (χ3v) is 5.66. The molecule has 0 aliphatic carbocycles. The normalized spacial score (nSPS) is 11.9. The molecule has 2 rings (SSSR count). The molecule has 0 bridgehead atoms. The Bertz CT molecular complexity index is 1050. The Labute approximate surface area is 214 Å². The molecule has 0 saturated heterocycles. The molecule has 0 N–H and O–H groups in total. The summed E-state index contributed by atoms with van der Waals surface area (Å²) >= 11 is 6.35. The quantitative estimate of drug-likeness (QED) is 0.229. The van der Waals surface area contributed by atoms with Crippen LogP contribution in [0.15, 0.2) is 18.2 Å². The summed E-state index contributed by atoms with van der Waals surface area (Å²) < 4.78 is 24.2. The van der Waals surface area contributed by atoms with Gasteiger partial charge < -0.3 is 18.9 Å². The van der Waals surface area contributed by atoms with Crippen LogP contribution in [0.5, 0.6) is 23.0 Å². The molecule has 0 atom stereocenters. The van der Waals surface area contributed by atoms with Gasteiger partial charge in [-0.2, -0.15) is 0 Å². The first-order chi connectivity index (χ1) is 16.4. The molecule has 0 aliphatic rings. The largest absolute Gasteiger partial charge is 0.486 e. The van der Waals surface area contributed by atoms with Crippen molar-refractivity contribution in [1.82, 2.24) is 0 Å². The topological polar surface area (TPSA) is 71.1 Å². The number of hydrogen-bond donors (Lipinski definition) is 0. The SMILES string of the molecule is CCCOc1c(OCCC)c(OC(=O)C(C)(C)CCC)c2ccc(Cl)cc2c1OC(=O)C(C)(C)C. The van der Waals surface area contributed by atoms with E-state index in [2.05, 4.69) is 0 Å². The highest BCUT2D eigenvalue weighted by Gasteiger charge is 2.34. The lowest BCUT2D eigenvalue weighted by atomic mass is 9.88. The highest BCUT2D eigenvalue weighted by atomic mass is 35.5. The molecule has 0 aliphatic heterocycles. The summed E-state index contributed by atoms with van der Waals surface area (Å²) in [7, 11) is 0. The summed E-state index contributed by atoms with van der Waals surface area (Å²) in [5.41, 5.74) is -1.45. The summed E-state index contributed by atoms with van der Waals surface area (Å²) in [5.74, 6) is 0.0972. The van der Waals surface area contributed by atoms with Gasteiger partial charge in [0.15, 0.2) is 11.5 Å². The predicted molar refractivity (Wildman–Crippen MR) is 140 cm³/mol. The molecule has 194 valence electrons. The molecule has 0 amide bonds. The van der Waals surface area contributed by atoms with Crippen molar-refractivity contribution in [3.8, 4) is 23.0 Å². The van der Waals surface area contributed by atoms with Gasteiger partial charge in [-0.1, -0.05) is 38.8 Å². The van der Waals surface area contributed by atoms with Crippen molar-refractivity contribution in [3.05, 3.63) is 23.2 Å². The van der Waals surface area contributed by atoms with Gasteiger partial charge in [0.2, 0.25) is 11.5 Å². The Kier molecular flexibility index (Phi) is 9.85. The smallest absolute Gasteiger partial charge is 0.317 e. The summed E-state index contributed by atoms with van der Waals surface area (Å²) in [6.07, 6.45) is 2.94. The van der Waals surface area contributed by atoms with E-state index in [-0.39, 0.29) is 29.0 Å². The maximum absolute atomic E-state index is 13.3. The predicted octanol–water partition coefficient (Wildman–Crippen LogP) is 7.75. The number of halogens is 1. The zero-order valence-corrected chi connectivity index (χ0v) is 23.1. The number of ether oxygens (including phenoxy) is 4. The van der Waals surface area contributed by atoms with Crippen molar-refractivity contribution >= 4 is 34.3 Å². The van der Waals surface area contributed by atoms with Crippen LogP contribution in [0.1, 0.15) is 81.1 Å². The first-order valence-electron chi connectivity index (χ1n) is 12.4. The fraction of sp³-hybridized carbons (Fsp3) is 0.571. The molecule has 0 radical (unpaired) electrons. The summed E-state index contributed by atoms with van der Waals surface area (Å²) in [6.45, 7) is 15.7. The van der Waals surface area contributed by atoms with Crippen LogP contribution in [0.3, 0.4) is 0 Å². The Morgan fingerprint density at radius 1 is 0.743 bits per heavy atom. The molecule has 0 unspecified atom stereocenters. The molecular formula is C28H39ClO6. The number of fused-ring (bicyclic) bond motifs is 1. The Morgan fingerprint density at radius 3 is 1.74 bits per heavy atom. The maximum Gasteiger partial charge on any atom is 0.317 e. The van der Waals surface area contributed by atoms with Crippen molar-refractivity contribution in [3.63, 3.8) is 0 Å². The van der Waals surface area contributed by atoms with E-state index in [1.807, 2.05) is 34.6 Å². The number of rotatable bonds is 11. The Morgan fingerprint density at radius 2 is 1.26 bits per heavy atom. The molecule has 0 heterocycles. The van der Waals surface area contributed by atoms with Crippen molar-refractivity contribution in [1.29, 1.82) is 0 Å². The molecule has 2 aromatic carbocycles. The molecule has 0 spiro atoms. The molecule has 0 saturated carbocycles. The van der Waals surface area contributed by atoms with Crippen LogP contribution in [0, 0.1) is 10.8 Å². The van der Waals surface area contributed by atoms with Gasteiger partial charge >= 0.3 is 11.9 Å². The van der Waals surface area contributed by atoms with Crippen LogP contribution in [0.2, 0.25) is 5.02 Å². The van der Waals surface area contributed by atoms with Crippen LogP contribution in [-0.2, 0) is 9.59 Å². The van der Waals surface area contributed by atoms with E-state index in [4.69, 9.17) is 30.5 Å². The van der Waals surface area contributed by atoms with Crippen LogP contribution in [-0.4, -0.2) is 25.2 Å². The molecular weight excluding hydrogens is 468 g/mol. The van der Waals surface area contributed by atoms with E-state index in [9.17, 15) is 9.59 Å². The van der Waals surface area contributed by atoms with Gasteiger partial charge in [-0.25, -0.2) is 0 Å². The van der Waals surface area contributed by atoms with Crippen LogP contribution < -0.4 is 18.9 Å². The van der Waals surface area contributed by atoms with Gasteiger partial charge in [-0.05, 0) is 72.1 Å². The molecule has 0 fully saturated rings. The van der Waals surface area contributed by atoms with E-state index in [0.29, 0.717) is 41.9 Å². The van der Waals surface area contributed by atoms with Gasteiger partial charge in [0.05, 0.1) is 24.0 Å². The first-order valence-corrected chi connectivity index (χ1v) is 12.7. The highest BCUT2D eigenvalue weighted by Crippen LogP contribution is 2.53. The number of hydrogen-bond acceptors (Lipinski definition) is 6. The second-order valence-corrected chi connectivity index (χ2v) is 10.8. The van der Waals surface area contributed by atoms with E-state index in [1.54, 1.807) is 39.0 Å². The van der Waals surface area contributed by atoms with Crippen LogP contribution in [0.4, 0.5) is 0 Å². The average molecular weight is 507 g/mol. The zero-order chi connectivity index (χ0) is 26.4. The highest BCUT2D eigenvalue weighted by molar-refractivity contribution is 6.31. The van der Waals surface area contributed by atoms with Crippen molar-refractivity contribution < 1.29 is 28.5 Å². The minimum Gasteiger partial charge on any atom is -0.486 e. The second-order valence-electron chi connectivity index (χ2n) is 10.4. The first kappa shape index (κ1) is 28.8. The lowest BCUT2D eigenvalue weighted by Gasteiger charge is -2.26. The molecule has 35 heavy (non-hydrogen) atoms. The zero-order valence-electron chi connectivity index (χ0n) is 22.3. The van der Waals surface area contributed by atoms with Gasteiger partial charge in [0.1, 0.15) is 0 Å². The summed E-state index contributed by atoms with van der Waals surface area (Å²) in [5, 5.41) is 1.49. The monoisotopic (exact) mass is 506 g/mol. The van der Waals surface area contributed by atoms with Crippen molar-refractivity contribution in [2.45, 2.75) is 81.1 Å². The fourth-order valence-corrected chi connectivity index (χ4v) is 3.60. The molecule has 0 aromatic heterocycles. The number of esters is 2. The van der Waals surface area contributed by atoms with Crippen molar-refractivity contribution in [2.24, 2.45) is 10.8 Å². The summed E-state index contributed by atoms with van der Waals surface area (Å²) in [4.78, 5) is 26.2. The standard InChI is InChI=1S/C28H39ClO6/c1-9-14-28(7,8)26(31)35-21-19-13-12-18(29)17-20(19)22(34-25(30)27(4,5)6)24(33-16-11-3)23(21)32-15-10-2/h12-13,17H,9-11,14-16H2,1-8H3. The van der Waals surface area contributed by atoms with Gasteiger partial charge in [-0.15, -0.1) is 0 Å². The van der Waals surface area contributed by atoms with Gasteiger partial charge in [0.25, 0.3) is 0 Å². The molecule has 7 heteroatoms. The van der Waals surface area contributed by atoms with Gasteiger partial charge in [-0.3, -0.25) is 9.59 Å². The lowest BCUT2D eigenvalue weighted by Crippen LogP contribution is -2.29. The number of carbonyl (C=O) groups excluding carboxylic acids is 2. The minimum atomic E-state index is -0.757. The van der Waals surface area contributed by atoms with Crippen LogP contribution >= 0.6 is 11.6 Å². The minimum absolute atomic E-state index is 0.203. The second kappa shape index (κ2) is 12.0. The molecule has 2 aromatic rings. The Balaban J connectivity index is 2.88. The van der Waals surface area contributed by atoms with E-state index >= 15 is 0 Å². The average Bonchev–Trinajstić information content (AvgIpc) is 2.77. The Hall–Kier alpha value is -2.47.